The molecule has 0 radical (unpaired) electrons. The van der Waals surface area contributed by atoms with Gasteiger partial charge >= 0.3 is 11.9 Å². The fraction of sp³-hybridized carbons (Fsp3) is 0. The third kappa shape index (κ3) is 6.26. The van der Waals surface area contributed by atoms with Crippen molar-refractivity contribution in [1.82, 2.24) is 0 Å². The Hall–Kier alpha value is -0.207. The third-order valence-electron chi connectivity index (χ3n) is 2.50. The van der Waals surface area contributed by atoms with E-state index in [4.69, 9.17) is 15.3 Å². The first-order chi connectivity index (χ1) is 10.7. The molecule has 0 aliphatic rings. The maximum absolute atomic E-state index is 10.7. The summed E-state index contributed by atoms with van der Waals surface area (Å²) in [5, 5.41) is 35.5. The number of rotatable bonds is 2. The summed E-state index contributed by atoms with van der Waals surface area (Å²) in [7, 11) is 0. The molecule has 0 amide bonds. The van der Waals surface area contributed by atoms with Crippen LogP contribution in [0.5, 0.6) is 11.5 Å². The van der Waals surface area contributed by atoms with E-state index in [1.165, 1.54) is 18.2 Å². The zero-order chi connectivity index (χ0) is 17.7. The molecular formula is C14H9I3O6Zn. The Morgan fingerprint density at radius 3 is 1.75 bits per heavy atom. The van der Waals surface area contributed by atoms with E-state index >= 15 is 0 Å². The second-order valence-electron chi connectivity index (χ2n) is 4.01. The van der Waals surface area contributed by atoms with Gasteiger partial charge < -0.3 is 20.4 Å². The molecule has 0 heterocycles. The topological polar surface area (TPSA) is 115 Å². The van der Waals surface area contributed by atoms with E-state index in [0.29, 0.717) is 3.57 Å². The van der Waals surface area contributed by atoms with Crippen LogP contribution in [0.1, 0.15) is 20.7 Å². The van der Waals surface area contributed by atoms with Gasteiger partial charge in [0, 0.05) is 26.6 Å². The van der Waals surface area contributed by atoms with E-state index in [1.807, 2.05) is 45.2 Å². The summed E-state index contributed by atoms with van der Waals surface area (Å²) in [6, 6.07) is 7.27. The van der Waals surface area contributed by atoms with Crippen LogP contribution in [0.3, 0.4) is 0 Å². The number of phenols is 2. The Bertz CT molecular complexity index is 766. The molecule has 0 aliphatic carbocycles. The first-order valence-electron chi connectivity index (χ1n) is 5.77. The smallest absolute Gasteiger partial charge is 0.339 e. The van der Waals surface area contributed by atoms with Gasteiger partial charge in [-0.3, -0.25) is 0 Å². The maximum Gasteiger partial charge on any atom is 0.339 e. The zero-order valence-electron chi connectivity index (χ0n) is 11.8. The fourth-order valence-corrected chi connectivity index (χ4v) is 3.49. The second-order valence-corrected chi connectivity index (χ2v) is 7.33. The van der Waals surface area contributed by atoms with Crippen molar-refractivity contribution in [2.24, 2.45) is 0 Å². The van der Waals surface area contributed by atoms with Gasteiger partial charge in [-0.2, -0.15) is 0 Å². The minimum Gasteiger partial charge on any atom is -0.507 e. The first-order valence-corrected chi connectivity index (χ1v) is 9.01. The van der Waals surface area contributed by atoms with Crippen molar-refractivity contribution < 1.29 is 49.5 Å². The van der Waals surface area contributed by atoms with E-state index in [9.17, 15) is 14.7 Å². The van der Waals surface area contributed by atoms with E-state index in [2.05, 4.69) is 22.6 Å². The van der Waals surface area contributed by atoms with Gasteiger partial charge in [0.2, 0.25) is 0 Å². The Kier molecular flexibility index (Phi) is 10.6. The second kappa shape index (κ2) is 10.7. The molecule has 24 heavy (non-hydrogen) atoms. The average Bonchev–Trinajstić information content (AvgIpc) is 2.49. The van der Waals surface area contributed by atoms with Gasteiger partial charge in [0.15, 0.2) is 0 Å². The van der Waals surface area contributed by atoms with Gasteiger partial charge in [-0.1, -0.05) is 12.1 Å². The molecule has 2 aromatic rings. The number of para-hydroxylation sites is 1. The first kappa shape index (κ1) is 23.8. The molecule has 0 unspecified atom stereocenters. The molecule has 0 bridgehead atoms. The summed E-state index contributed by atoms with van der Waals surface area (Å²) in [5.41, 5.74) is -0.114. The van der Waals surface area contributed by atoms with Crippen molar-refractivity contribution >= 4 is 79.7 Å². The number of aromatic hydroxyl groups is 2. The van der Waals surface area contributed by atoms with Gasteiger partial charge in [-0.15, -0.1) is 0 Å². The molecule has 124 valence electrons. The molecule has 2 aromatic carbocycles. The number of hydrogen-bond donors (Lipinski definition) is 4. The monoisotopic (exact) mass is 718 g/mol. The average molecular weight is 719 g/mol. The SMILES string of the molecule is O=C(O)c1cc(I)c(I)c(I)c1O.O=C(O)c1ccccc1O.[Zn]. The largest absolute Gasteiger partial charge is 0.507 e. The molecule has 0 spiro atoms. The van der Waals surface area contributed by atoms with Crippen LogP contribution in [-0.2, 0) is 19.5 Å². The van der Waals surface area contributed by atoms with E-state index < -0.39 is 11.9 Å². The van der Waals surface area contributed by atoms with Crippen molar-refractivity contribution in [2.75, 3.05) is 0 Å². The number of carbonyl (C=O) groups is 2. The zero-order valence-corrected chi connectivity index (χ0v) is 21.3. The molecule has 2 rings (SSSR count). The number of hydrogen-bond acceptors (Lipinski definition) is 4. The van der Waals surface area contributed by atoms with Crippen molar-refractivity contribution in [3.63, 3.8) is 0 Å². The number of carboxylic acids is 2. The molecule has 0 saturated heterocycles. The van der Waals surface area contributed by atoms with Gasteiger partial charge in [-0.25, -0.2) is 9.59 Å². The van der Waals surface area contributed by atoms with Crippen LogP contribution in [0.4, 0.5) is 0 Å². The van der Waals surface area contributed by atoms with E-state index in [-0.39, 0.29) is 42.1 Å². The predicted octanol–water partition coefficient (Wildman–Crippen LogP) is 3.99. The Morgan fingerprint density at radius 1 is 0.833 bits per heavy atom. The molecule has 10 heteroatoms. The van der Waals surface area contributed by atoms with E-state index in [1.54, 1.807) is 12.1 Å². The Labute approximate surface area is 190 Å². The quantitative estimate of drug-likeness (QED) is 0.212. The van der Waals surface area contributed by atoms with Gasteiger partial charge in [0.1, 0.15) is 22.6 Å². The number of aromatic carboxylic acids is 2. The molecule has 0 saturated carbocycles. The summed E-state index contributed by atoms with van der Waals surface area (Å²) in [5.74, 6) is -2.57. The summed E-state index contributed by atoms with van der Waals surface area (Å²) < 4.78 is 2.29. The van der Waals surface area contributed by atoms with Crippen LogP contribution in [0, 0.1) is 10.7 Å². The normalized spacial score (nSPS) is 9.29. The van der Waals surface area contributed by atoms with Crippen molar-refractivity contribution in [1.29, 1.82) is 0 Å². The van der Waals surface area contributed by atoms with Crippen molar-refractivity contribution in [2.45, 2.75) is 0 Å². The van der Waals surface area contributed by atoms with Gasteiger partial charge in [0.05, 0.1) is 3.57 Å². The van der Waals surface area contributed by atoms with Crippen molar-refractivity contribution in [3.05, 3.63) is 52.2 Å². The molecular weight excluding hydrogens is 710 g/mol. The summed E-state index contributed by atoms with van der Waals surface area (Å²) in [4.78, 5) is 20.9. The number of halogens is 3. The minimum atomic E-state index is -1.11. The van der Waals surface area contributed by atoms with Crippen LogP contribution >= 0.6 is 67.8 Å². The number of carboxylic acid groups (broad SMARTS) is 2. The van der Waals surface area contributed by atoms with Crippen LogP contribution in [0.2, 0.25) is 0 Å². The third-order valence-corrected chi connectivity index (χ3v) is 7.59. The minimum absolute atomic E-state index is 0. The standard InChI is InChI=1S/C7H3I3O3.C7H6O3.Zn/c8-3-1-2(7(12)13)6(11)5(10)4(3)9;8-6-4-2-1-3-5(6)7(9)10;/h1,11H,(H,12,13);1-4,8H,(H,9,10);. The van der Waals surface area contributed by atoms with Crippen molar-refractivity contribution in [3.8, 4) is 11.5 Å². The Morgan fingerprint density at radius 2 is 1.33 bits per heavy atom. The van der Waals surface area contributed by atoms with Crippen LogP contribution in [0.15, 0.2) is 30.3 Å². The van der Waals surface area contributed by atoms with Gasteiger partial charge in [-0.05, 0) is 86.0 Å². The van der Waals surface area contributed by atoms with E-state index in [0.717, 1.165) is 7.14 Å². The van der Waals surface area contributed by atoms with Crippen LogP contribution in [-0.4, -0.2) is 32.4 Å². The Balaban J connectivity index is 0.000000436. The van der Waals surface area contributed by atoms with Crippen LogP contribution < -0.4 is 0 Å². The summed E-state index contributed by atoms with van der Waals surface area (Å²) in [6.07, 6.45) is 0. The number of benzene rings is 2. The summed E-state index contributed by atoms with van der Waals surface area (Å²) in [6.45, 7) is 0. The fourth-order valence-electron chi connectivity index (χ4n) is 1.40. The molecule has 0 atom stereocenters. The molecule has 0 fully saturated rings. The summed E-state index contributed by atoms with van der Waals surface area (Å²) >= 11 is 6.03. The molecule has 6 nitrogen and oxygen atoms in total. The molecule has 4 N–H and O–H groups in total. The molecule has 0 aliphatic heterocycles. The molecule has 0 aromatic heterocycles. The maximum atomic E-state index is 10.7. The van der Waals surface area contributed by atoms with Gasteiger partial charge in [0.25, 0.3) is 0 Å². The van der Waals surface area contributed by atoms with Crippen LogP contribution in [0.25, 0.3) is 0 Å². The predicted molar refractivity (Wildman–Crippen MR) is 108 cm³/mol.